The molecule has 3 aromatic carbocycles. The molecule has 42 heavy (non-hydrogen) atoms. The van der Waals surface area contributed by atoms with Crippen LogP contribution in [0.25, 0.3) is 0 Å². The molecule has 1 unspecified atom stereocenters. The third kappa shape index (κ3) is 7.92. The van der Waals surface area contributed by atoms with E-state index >= 15 is 0 Å². The highest BCUT2D eigenvalue weighted by molar-refractivity contribution is 7.98. The number of hydrogen-bond donors (Lipinski definition) is 1. The second-order valence-corrected chi connectivity index (χ2v) is 13.4. The highest BCUT2D eigenvalue weighted by Crippen LogP contribution is 2.27. The normalized spacial score (nSPS) is 14.7. The van der Waals surface area contributed by atoms with Crippen molar-refractivity contribution in [2.45, 2.75) is 74.4 Å². The molecular formula is C32H38FN3O4S2. The van der Waals surface area contributed by atoms with Gasteiger partial charge in [-0.25, -0.2) is 12.8 Å². The Morgan fingerprint density at radius 2 is 1.57 bits per heavy atom. The minimum Gasteiger partial charge on any atom is -0.352 e. The summed E-state index contributed by atoms with van der Waals surface area (Å²) >= 11 is 1.50. The van der Waals surface area contributed by atoms with E-state index < -0.39 is 34.3 Å². The van der Waals surface area contributed by atoms with Gasteiger partial charge in [0.05, 0.1) is 10.6 Å². The smallest absolute Gasteiger partial charge is 0.264 e. The summed E-state index contributed by atoms with van der Waals surface area (Å²) in [5, 5.41) is 3.08. The first-order chi connectivity index (χ1) is 20.1. The van der Waals surface area contributed by atoms with E-state index in [9.17, 15) is 22.4 Å². The summed E-state index contributed by atoms with van der Waals surface area (Å²) in [6.45, 7) is 3.04. The largest absolute Gasteiger partial charge is 0.352 e. The van der Waals surface area contributed by atoms with Crippen LogP contribution in [0.4, 0.5) is 10.1 Å². The Bertz CT molecular complexity index is 1460. The van der Waals surface area contributed by atoms with Crippen LogP contribution in [0.15, 0.2) is 82.6 Å². The van der Waals surface area contributed by atoms with Crippen molar-refractivity contribution in [1.29, 1.82) is 0 Å². The lowest BCUT2D eigenvalue weighted by atomic mass is 9.95. The predicted octanol–water partition coefficient (Wildman–Crippen LogP) is 5.92. The Morgan fingerprint density at radius 1 is 0.952 bits per heavy atom. The predicted molar refractivity (Wildman–Crippen MR) is 165 cm³/mol. The van der Waals surface area contributed by atoms with Crippen LogP contribution < -0.4 is 9.62 Å². The van der Waals surface area contributed by atoms with Gasteiger partial charge in [0.25, 0.3) is 10.0 Å². The summed E-state index contributed by atoms with van der Waals surface area (Å²) in [6, 6.07) is 18.3. The fourth-order valence-corrected chi connectivity index (χ4v) is 6.87. The summed E-state index contributed by atoms with van der Waals surface area (Å²) in [6.07, 6.45) is 6.90. The molecule has 224 valence electrons. The molecule has 0 bridgehead atoms. The lowest BCUT2D eigenvalue weighted by Gasteiger charge is -2.33. The fraction of sp³-hybridized carbons (Fsp3) is 0.375. The molecule has 1 saturated carbocycles. The minimum absolute atomic E-state index is 0.0164. The molecule has 2 amide bonds. The molecule has 0 aliphatic heterocycles. The third-order valence-electron chi connectivity index (χ3n) is 7.63. The van der Waals surface area contributed by atoms with Gasteiger partial charge in [0.2, 0.25) is 11.8 Å². The number of sulfonamides is 1. The van der Waals surface area contributed by atoms with Crippen molar-refractivity contribution < 1.29 is 22.4 Å². The fourth-order valence-electron chi connectivity index (χ4n) is 5.05. The second kappa shape index (κ2) is 14.2. The number of carbonyl (C=O) groups excluding carboxylic acids is 2. The quantitative estimate of drug-likeness (QED) is 0.272. The Labute approximate surface area is 252 Å². The number of benzene rings is 3. The summed E-state index contributed by atoms with van der Waals surface area (Å²) in [7, 11) is -4.14. The molecule has 0 radical (unpaired) electrons. The van der Waals surface area contributed by atoms with Crippen LogP contribution in [0, 0.1) is 12.7 Å². The van der Waals surface area contributed by atoms with Gasteiger partial charge in [-0.2, -0.15) is 0 Å². The molecule has 1 atom stereocenters. The molecule has 1 N–H and O–H groups in total. The lowest BCUT2D eigenvalue weighted by molar-refractivity contribution is -0.139. The molecule has 0 saturated heterocycles. The number of rotatable bonds is 11. The zero-order valence-corrected chi connectivity index (χ0v) is 25.9. The number of hydrogen-bond acceptors (Lipinski definition) is 5. The first-order valence-corrected chi connectivity index (χ1v) is 16.8. The van der Waals surface area contributed by atoms with Crippen molar-refractivity contribution in [2.75, 3.05) is 17.1 Å². The number of amides is 2. The van der Waals surface area contributed by atoms with Gasteiger partial charge in [0, 0.05) is 17.5 Å². The topological polar surface area (TPSA) is 86.8 Å². The Balaban J connectivity index is 1.66. The number of anilines is 1. The van der Waals surface area contributed by atoms with E-state index in [1.165, 1.54) is 40.9 Å². The maximum Gasteiger partial charge on any atom is 0.264 e. The van der Waals surface area contributed by atoms with E-state index in [4.69, 9.17) is 0 Å². The molecule has 3 aromatic rings. The zero-order valence-electron chi connectivity index (χ0n) is 24.3. The molecule has 0 aromatic heterocycles. The first kappa shape index (κ1) is 31.6. The van der Waals surface area contributed by atoms with Crippen LogP contribution >= 0.6 is 11.8 Å². The van der Waals surface area contributed by atoms with E-state index in [0.29, 0.717) is 11.3 Å². The maximum absolute atomic E-state index is 14.0. The van der Waals surface area contributed by atoms with E-state index in [-0.39, 0.29) is 23.4 Å². The van der Waals surface area contributed by atoms with Crippen LogP contribution in [-0.2, 0) is 26.2 Å². The maximum atomic E-state index is 14.0. The zero-order chi connectivity index (χ0) is 30.3. The van der Waals surface area contributed by atoms with Crippen molar-refractivity contribution in [3.05, 3.63) is 89.7 Å². The average molecular weight is 612 g/mol. The molecule has 4 rings (SSSR count). The van der Waals surface area contributed by atoms with Crippen molar-refractivity contribution >= 4 is 39.3 Å². The van der Waals surface area contributed by atoms with Crippen LogP contribution in [0.1, 0.15) is 50.2 Å². The van der Waals surface area contributed by atoms with Crippen LogP contribution in [0.5, 0.6) is 0 Å². The van der Waals surface area contributed by atoms with Crippen LogP contribution in [0.2, 0.25) is 0 Å². The highest BCUT2D eigenvalue weighted by atomic mass is 32.2. The SMILES string of the molecule is CSc1ccc(S(=O)(=O)N(CC(=O)N(Cc2ccc(F)cc2)C(C)C(=O)NC2CCCCC2)c2ccc(C)cc2)cc1. The summed E-state index contributed by atoms with van der Waals surface area (Å²) in [5.41, 5.74) is 1.90. The number of nitrogens with zero attached hydrogens (tertiary/aromatic N) is 2. The summed E-state index contributed by atoms with van der Waals surface area (Å²) < 4.78 is 42.7. The molecule has 7 nitrogen and oxygen atoms in total. The van der Waals surface area contributed by atoms with Crippen molar-refractivity contribution in [2.24, 2.45) is 0 Å². The van der Waals surface area contributed by atoms with Gasteiger partial charge in [-0.1, -0.05) is 49.1 Å². The Kier molecular flexibility index (Phi) is 10.7. The van der Waals surface area contributed by atoms with E-state index in [2.05, 4.69) is 5.32 Å². The van der Waals surface area contributed by atoms with Gasteiger partial charge in [-0.3, -0.25) is 13.9 Å². The minimum atomic E-state index is -4.14. The highest BCUT2D eigenvalue weighted by Gasteiger charge is 2.33. The van der Waals surface area contributed by atoms with Gasteiger partial charge < -0.3 is 10.2 Å². The van der Waals surface area contributed by atoms with E-state index in [0.717, 1.165) is 46.9 Å². The third-order valence-corrected chi connectivity index (χ3v) is 10.2. The van der Waals surface area contributed by atoms with Crippen LogP contribution in [0.3, 0.4) is 0 Å². The molecule has 1 aliphatic carbocycles. The average Bonchev–Trinajstić information content (AvgIpc) is 3.00. The van der Waals surface area contributed by atoms with Crippen molar-refractivity contribution in [3.8, 4) is 0 Å². The second-order valence-electron chi connectivity index (χ2n) is 10.7. The first-order valence-electron chi connectivity index (χ1n) is 14.2. The molecule has 1 fully saturated rings. The standard InChI is InChI=1S/C32H38FN3O4S2/c1-23-9-15-28(16-10-23)36(42(39,40)30-19-17-29(41-3)18-20-30)22-31(37)35(21-25-11-13-26(33)14-12-25)24(2)32(38)34-27-7-5-4-6-8-27/h9-20,24,27H,4-8,21-22H2,1-3H3,(H,34,38). The van der Waals surface area contributed by atoms with Crippen LogP contribution in [-0.4, -0.2) is 50.0 Å². The summed E-state index contributed by atoms with van der Waals surface area (Å²) in [5.74, 6) is -1.26. The number of nitrogens with one attached hydrogen (secondary N) is 1. The number of halogens is 1. The number of thioether (sulfide) groups is 1. The molecular weight excluding hydrogens is 574 g/mol. The number of aryl methyl sites for hydroxylation is 1. The number of carbonyl (C=O) groups is 2. The van der Waals surface area contributed by atoms with Gasteiger partial charge in [-0.05, 0) is 87.0 Å². The Morgan fingerprint density at radius 3 is 2.17 bits per heavy atom. The van der Waals surface area contributed by atoms with Gasteiger partial charge in [0.1, 0.15) is 18.4 Å². The van der Waals surface area contributed by atoms with E-state index in [1.54, 1.807) is 55.5 Å². The van der Waals surface area contributed by atoms with Gasteiger partial charge in [-0.15, -0.1) is 11.8 Å². The monoisotopic (exact) mass is 611 g/mol. The van der Waals surface area contributed by atoms with Crippen molar-refractivity contribution in [1.82, 2.24) is 10.2 Å². The van der Waals surface area contributed by atoms with Gasteiger partial charge >= 0.3 is 0 Å². The van der Waals surface area contributed by atoms with Gasteiger partial charge in [0.15, 0.2) is 0 Å². The molecule has 0 heterocycles. The molecule has 0 spiro atoms. The Hall–Kier alpha value is -3.37. The van der Waals surface area contributed by atoms with E-state index in [1.807, 2.05) is 13.2 Å². The molecule has 1 aliphatic rings. The van der Waals surface area contributed by atoms with Crippen molar-refractivity contribution in [3.63, 3.8) is 0 Å². The molecule has 10 heteroatoms. The summed E-state index contributed by atoms with van der Waals surface area (Å²) in [4.78, 5) is 29.8. The lowest BCUT2D eigenvalue weighted by Crippen LogP contribution is -2.53.